The van der Waals surface area contributed by atoms with Crippen LogP contribution in [0, 0.1) is 12.7 Å². The van der Waals surface area contributed by atoms with Crippen molar-refractivity contribution in [3.8, 4) is 0 Å². The number of carbonyl (C=O) groups is 1. The number of carbonyl (C=O) groups excluding carboxylic acids is 1. The van der Waals surface area contributed by atoms with Crippen molar-refractivity contribution in [2.45, 2.75) is 32.6 Å². The van der Waals surface area contributed by atoms with Crippen molar-refractivity contribution in [1.29, 1.82) is 0 Å². The highest BCUT2D eigenvalue weighted by Gasteiger charge is 2.14. The van der Waals surface area contributed by atoms with Crippen molar-refractivity contribution in [2.75, 3.05) is 23.3 Å². The molecule has 0 unspecified atom stereocenters. The van der Waals surface area contributed by atoms with E-state index < -0.39 is 0 Å². The summed E-state index contributed by atoms with van der Waals surface area (Å²) in [6.45, 7) is 4.11. The van der Waals surface area contributed by atoms with E-state index in [0.29, 0.717) is 0 Å². The Morgan fingerprint density at radius 2 is 1.85 bits per heavy atom. The van der Waals surface area contributed by atoms with Gasteiger partial charge in [-0.3, -0.25) is 4.79 Å². The highest BCUT2D eigenvalue weighted by Crippen LogP contribution is 2.25. The molecule has 0 atom stereocenters. The van der Waals surface area contributed by atoms with Crippen molar-refractivity contribution in [3.63, 3.8) is 0 Å². The van der Waals surface area contributed by atoms with Crippen LogP contribution in [0.4, 0.5) is 15.8 Å². The average molecular weight is 365 g/mol. The van der Waals surface area contributed by atoms with Crippen LogP contribution in [0.2, 0.25) is 0 Å². The van der Waals surface area contributed by atoms with Gasteiger partial charge in [0, 0.05) is 41.1 Å². The molecule has 1 amide bonds. The van der Waals surface area contributed by atoms with Crippen LogP contribution in [0.25, 0.3) is 10.9 Å². The summed E-state index contributed by atoms with van der Waals surface area (Å²) in [5.74, 6) is -0.398. The quantitative estimate of drug-likeness (QED) is 0.698. The number of amides is 1. The SMILES string of the molecule is Cc1[nH]c2ccc(F)cc2c1CC(=O)Nc1ccc(N2CCCCC2)cc1. The zero-order valence-electron chi connectivity index (χ0n) is 15.5. The van der Waals surface area contributed by atoms with Gasteiger partial charge in [-0.2, -0.15) is 0 Å². The number of nitrogens with zero attached hydrogens (tertiary/aromatic N) is 1. The molecule has 0 bridgehead atoms. The largest absolute Gasteiger partial charge is 0.372 e. The third kappa shape index (κ3) is 3.82. The lowest BCUT2D eigenvalue weighted by molar-refractivity contribution is -0.115. The second kappa shape index (κ2) is 7.43. The molecule has 1 aliphatic heterocycles. The maximum atomic E-state index is 13.6. The molecule has 1 fully saturated rings. The Labute approximate surface area is 158 Å². The number of anilines is 2. The van der Waals surface area contributed by atoms with Crippen LogP contribution >= 0.6 is 0 Å². The van der Waals surface area contributed by atoms with Gasteiger partial charge in [-0.05, 0) is 74.2 Å². The molecular weight excluding hydrogens is 341 g/mol. The summed E-state index contributed by atoms with van der Waals surface area (Å²) >= 11 is 0. The normalized spacial score (nSPS) is 14.5. The molecule has 1 saturated heterocycles. The Hall–Kier alpha value is -2.82. The van der Waals surface area contributed by atoms with E-state index in [1.54, 1.807) is 6.07 Å². The molecule has 5 heteroatoms. The molecule has 27 heavy (non-hydrogen) atoms. The Morgan fingerprint density at radius 3 is 2.59 bits per heavy atom. The molecule has 4 rings (SSSR count). The van der Waals surface area contributed by atoms with Crippen molar-refractivity contribution in [2.24, 2.45) is 0 Å². The maximum absolute atomic E-state index is 13.6. The van der Waals surface area contributed by atoms with E-state index in [9.17, 15) is 9.18 Å². The summed E-state index contributed by atoms with van der Waals surface area (Å²) in [5.41, 5.74) is 4.57. The van der Waals surface area contributed by atoms with Crippen LogP contribution in [0.15, 0.2) is 42.5 Å². The molecule has 2 aromatic carbocycles. The summed E-state index contributed by atoms with van der Waals surface area (Å²) in [6.07, 6.45) is 4.00. The van der Waals surface area contributed by atoms with Crippen LogP contribution in [-0.4, -0.2) is 24.0 Å². The number of nitrogens with one attached hydrogen (secondary N) is 2. The summed E-state index contributed by atoms with van der Waals surface area (Å²) in [5, 5.41) is 3.72. The number of benzene rings is 2. The molecule has 3 aromatic rings. The molecule has 2 N–H and O–H groups in total. The number of hydrogen-bond donors (Lipinski definition) is 2. The van der Waals surface area contributed by atoms with E-state index in [0.717, 1.165) is 40.9 Å². The average Bonchev–Trinajstić information content (AvgIpc) is 2.98. The lowest BCUT2D eigenvalue weighted by atomic mass is 10.1. The fraction of sp³-hybridized carbons (Fsp3) is 0.318. The monoisotopic (exact) mass is 365 g/mol. The number of halogens is 1. The minimum absolute atomic E-state index is 0.103. The van der Waals surface area contributed by atoms with Crippen molar-refractivity contribution in [3.05, 3.63) is 59.5 Å². The topological polar surface area (TPSA) is 48.1 Å². The van der Waals surface area contributed by atoms with Crippen LogP contribution in [-0.2, 0) is 11.2 Å². The number of fused-ring (bicyclic) bond motifs is 1. The molecule has 4 nitrogen and oxygen atoms in total. The van der Waals surface area contributed by atoms with Gasteiger partial charge in [-0.25, -0.2) is 4.39 Å². The number of aromatic amines is 1. The van der Waals surface area contributed by atoms with Crippen molar-refractivity contribution >= 4 is 28.2 Å². The predicted octanol–water partition coefficient (Wildman–Crippen LogP) is 4.79. The van der Waals surface area contributed by atoms with Gasteiger partial charge in [-0.1, -0.05) is 0 Å². The highest BCUT2D eigenvalue weighted by molar-refractivity contribution is 5.96. The van der Waals surface area contributed by atoms with Crippen LogP contribution in [0.1, 0.15) is 30.5 Å². The number of piperidine rings is 1. The second-order valence-electron chi connectivity index (χ2n) is 7.24. The van der Waals surface area contributed by atoms with Crippen molar-refractivity contribution < 1.29 is 9.18 Å². The minimum Gasteiger partial charge on any atom is -0.372 e. The van der Waals surface area contributed by atoms with E-state index in [1.165, 1.54) is 37.1 Å². The molecule has 140 valence electrons. The molecule has 1 aliphatic rings. The standard InChI is InChI=1S/C22H24FN3O/c1-15-19(20-13-16(23)5-10-21(20)24-15)14-22(27)25-17-6-8-18(9-7-17)26-11-3-2-4-12-26/h5-10,13,24H,2-4,11-12,14H2,1H3,(H,25,27). The third-order valence-corrected chi connectivity index (χ3v) is 5.29. The fourth-order valence-electron chi connectivity index (χ4n) is 3.86. The van der Waals surface area contributed by atoms with Gasteiger partial charge < -0.3 is 15.2 Å². The zero-order chi connectivity index (χ0) is 18.8. The first-order chi connectivity index (χ1) is 13.1. The molecule has 1 aromatic heterocycles. The maximum Gasteiger partial charge on any atom is 0.228 e. The van der Waals surface area contributed by atoms with Gasteiger partial charge in [0.2, 0.25) is 5.91 Å². The number of hydrogen-bond acceptors (Lipinski definition) is 2. The zero-order valence-corrected chi connectivity index (χ0v) is 15.5. The second-order valence-corrected chi connectivity index (χ2v) is 7.24. The Balaban J connectivity index is 1.45. The highest BCUT2D eigenvalue weighted by atomic mass is 19.1. The molecule has 0 aliphatic carbocycles. The first-order valence-corrected chi connectivity index (χ1v) is 9.52. The first kappa shape index (κ1) is 17.6. The van der Waals surface area contributed by atoms with Gasteiger partial charge in [-0.15, -0.1) is 0 Å². The Bertz CT molecular complexity index is 956. The van der Waals surface area contributed by atoms with E-state index in [4.69, 9.17) is 0 Å². The number of rotatable bonds is 4. The lowest BCUT2D eigenvalue weighted by Gasteiger charge is -2.28. The number of aromatic nitrogens is 1. The molecule has 0 saturated carbocycles. The molecule has 0 spiro atoms. The van der Waals surface area contributed by atoms with E-state index >= 15 is 0 Å². The van der Waals surface area contributed by atoms with Crippen LogP contribution in [0.3, 0.4) is 0 Å². The van der Waals surface area contributed by atoms with Crippen molar-refractivity contribution in [1.82, 2.24) is 4.98 Å². The number of H-pyrrole nitrogens is 1. The van der Waals surface area contributed by atoms with E-state index in [1.807, 2.05) is 19.1 Å². The minimum atomic E-state index is -0.295. The molecule has 2 heterocycles. The van der Waals surface area contributed by atoms with Gasteiger partial charge >= 0.3 is 0 Å². The van der Waals surface area contributed by atoms with Crippen LogP contribution in [0.5, 0.6) is 0 Å². The van der Waals surface area contributed by atoms with Crippen LogP contribution < -0.4 is 10.2 Å². The predicted molar refractivity (Wildman–Crippen MR) is 108 cm³/mol. The fourth-order valence-corrected chi connectivity index (χ4v) is 3.86. The Morgan fingerprint density at radius 1 is 1.11 bits per heavy atom. The summed E-state index contributed by atoms with van der Waals surface area (Å²) < 4.78 is 13.6. The van der Waals surface area contributed by atoms with Gasteiger partial charge in [0.05, 0.1) is 6.42 Å². The Kier molecular flexibility index (Phi) is 4.84. The lowest BCUT2D eigenvalue weighted by Crippen LogP contribution is -2.29. The van der Waals surface area contributed by atoms with Gasteiger partial charge in [0.25, 0.3) is 0 Å². The van der Waals surface area contributed by atoms with E-state index in [2.05, 4.69) is 27.3 Å². The number of aryl methyl sites for hydroxylation is 1. The summed E-state index contributed by atoms with van der Waals surface area (Å²) in [6, 6.07) is 12.6. The third-order valence-electron chi connectivity index (χ3n) is 5.29. The van der Waals surface area contributed by atoms with Gasteiger partial charge in [0.1, 0.15) is 5.82 Å². The molecule has 0 radical (unpaired) electrons. The smallest absolute Gasteiger partial charge is 0.228 e. The molecular formula is C22H24FN3O. The van der Waals surface area contributed by atoms with E-state index in [-0.39, 0.29) is 18.1 Å². The van der Waals surface area contributed by atoms with Gasteiger partial charge in [0.15, 0.2) is 0 Å². The first-order valence-electron chi connectivity index (χ1n) is 9.52. The summed E-state index contributed by atoms with van der Waals surface area (Å²) in [7, 11) is 0. The summed E-state index contributed by atoms with van der Waals surface area (Å²) in [4.78, 5) is 18.1.